The fourth-order valence-corrected chi connectivity index (χ4v) is 8.52. The van der Waals surface area contributed by atoms with Crippen molar-refractivity contribution in [2.24, 2.45) is 5.92 Å². The molecule has 1 atom stereocenters. The fraction of sp³-hybridized carbons (Fsp3) is 0.447. The number of carbonyl (C=O) groups excluding carboxylic acids is 2. The monoisotopic (exact) mass is 775 g/mol. The van der Waals surface area contributed by atoms with Crippen LogP contribution in [0.1, 0.15) is 60.0 Å². The Kier molecular flexibility index (Phi) is 11.2. The van der Waals surface area contributed by atoms with Gasteiger partial charge in [0.1, 0.15) is 12.1 Å². The number of ether oxygens (including phenoxy) is 1. The molecule has 2 N–H and O–H groups in total. The van der Waals surface area contributed by atoms with Crippen LogP contribution < -0.4 is 10.2 Å². The lowest BCUT2D eigenvalue weighted by Crippen LogP contribution is -2.57. The van der Waals surface area contributed by atoms with Gasteiger partial charge in [0.15, 0.2) is 0 Å². The first kappa shape index (κ1) is 37.7. The number of pyridine rings is 1. The van der Waals surface area contributed by atoms with Crippen molar-refractivity contribution in [3.63, 3.8) is 0 Å². The molecule has 2 amide bonds. The number of aliphatic carboxylic acids is 1. The first-order chi connectivity index (χ1) is 26.1. The standard InChI is InChI=1S/C38H43Cl2N9O5/c1-54-33-7-5-29(49-25-42-44-45-49)22-30(33)34(50)47-20-11-37(24-47,27-4-6-31(39)32(40)21-27)10-17-46-18-12-38(13-19-46,28-3-2-14-41-23-28)36(53)43-48-15-8-26(9-16-48)35(51)52/h2-7,14,21-23,25-26H,8-13,15-20,24H2,1H3,(H,43,53)(H,51,52). The summed E-state index contributed by atoms with van der Waals surface area (Å²) in [5.41, 5.74) is 4.92. The van der Waals surface area contributed by atoms with E-state index in [0.717, 1.165) is 30.5 Å². The first-order valence-corrected chi connectivity index (χ1v) is 18.9. The Morgan fingerprint density at radius 1 is 0.963 bits per heavy atom. The van der Waals surface area contributed by atoms with Gasteiger partial charge in [0.25, 0.3) is 5.91 Å². The van der Waals surface area contributed by atoms with E-state index in [4.69, 9.17) is 27.9 Å². The zero-order chi connectivity index (χ0) is 37.9. The van der Waals surface area contributed by atoms with E-state index in [1.165, 1.54) is 11.0 Å². The molecule has 3 aliphatic heterocycles. The molecule has 14 nitrogen and oxygen atoms in total. The molecule has 284 valence electrons. The second-order valence-electron chi connectivity index (χ2n) is 14.5. The third-order valence-electron chi connectivity index (χ3n) is 11.6. The summed E-state index contributed by atoms with van der Waals surface area (Å²) in [5, 5.41) is 23.6. The van der Waals surface area contributed by atoms with Gasteiger partial charge < -0.3 is 19.6 Å². The molecule has 5 heterocycles. The zero-order valence-corrected chi connectivity index (χ0v) is 31.5. The van der Waals surface area contributed by atoms with E-state index >= 15 is 0 Å². The van der Waals surface area contributed by atoms with Crippen LogP contribution in [0.2, 0.25) is 10.0 Å². The molecule has 16 heteroatoms. The van der Waals surface area contributed by atoms with Gasteiger partial charge in [0.2, 0.25) is 5.91 Å². The topological polar surface area (TPSA) is 159 Å². The number of benzene rings is 2. The van der Waals surface area contributed by atoms with Crippen molar-refractivity contribution in [1.82, 2.24) is 45.4 Å². The van der Waals surface area contributed by atoms with E-state index in [-0.39, 0.29) is 17.7 Å². The number of tetrazole rings is 1. The number of hydrazine groups is 1. The van der Waals surface area contributed by atoms with Gasteiger partial charge in [-0.15, -0.1) is 5.10 Å². The highest BCUT2D eigenvalue weighted by atomic mass is 35.5. The number of rotatable bonds is 11. The average molecular weight is 777 g/mol. The van der Waals surface area contributed by atoms with Crippen molar-refractivity contribution >= 4 is 41.0 Å². The van der Waals surface area contributed by atoms with Crippen molar-refractivity contribution in [3.8, 4) is 11.4 Å². The number of hydrogen-bond donors (Lipinski definition) is 2. The number of hydrogen-bond acceptors (Lipinski definition) is 10. The van der Waals surface area contributed by atoms with Gasteiger partial charge in [-0.3, -0.25) is 24.8 Å². The number of carboxylic acid groups (broad SMARTS) is 1. The summed E-state index contributed by atoms with van der Waals surface area (Å²) in [7, 11) is 1.54. The SMILES string of the molecule is COc1ccc(-n2cnnn2)cc1C(=O)N1CCC(CCN2CCC(C(=O)NN3CCC(C(=O)O)CC3)(c3cccnc3)CC2)(c2ccc(Cl)c(Cl)c2)C1. The van der Waals surface area contributed by atoms with Gasteiger partial charge in [0, 0.05) is 44.0 Å². The fourth-order valence-electron chi connectivity index (χ4n) is 8.22. The molecule has 0 radical (unpaired) electrons. The van der Waals surface area contributed by atoms with Gasteiger partial charge >= 0.3 is 5.97 Å². The summed E-state index contributed by atoms with van der Waals surface area (Å²) < 4.78 is 7.10. The van der Waals surface area contributed by atoms with Gasteiger partial charge in [-0.05, 0) is 116 Å². The van der Waals surface area contributed by atoms with Crippen molar-refractivity contribution in [1.29, 1.82) is 0 Å². The lowest BCUT2D eigenvalue weighted by Gasteiger charge is -2.43. The maximum Gasteiger partial charge on any atom is 0.306 e. The molecule has 1 unspecified atom stereocenters. The van der Waals surface area contributed by atoms with E-state index in [2.05, 4.69) is 30.8 Å². The van der Waals surface area contributed by atoms with E-state index in [0.29, 0.717) is 92.0 Å². The van der Waals surface area contributed by atoms with E-state index in [1.54, 1.807) is 37.7 Å². The second-order valence-corrected chi connectivity index (χ2v) is 15.3. The highest BCUT2D eigenvalue weighted by Gasteiger charge is 2.46. The highest BCUT2D eigenvalue weighted by Crippen LogP contribution is 2.42. The lowest BCUT2D eigenvalue weighted by molar-refractivity contribution is -0.144. The van der Waals surface area contributed by atoms with Crippen LogP contribution in [-0.2, 0) is 20.4 Å². The van der Waals surface area contributed by atoms with Gasteiger partial charge in [-0.2, -0.15) is 0 Å². The van der Waals surface area contributed by atoms with Crippen LogP contribution in [0.15, 0.2) is 67.3 Å². The molecule has 54 heavy (non-hydrogen) atoms. The first-order valence-electron chi connectivity index (χ1n) is 18.2. The van der Waals surface area contributed by atoms with Crippen LogP contribution in [0.25, 0.3) is 5.69 Å². The smallest absolute Gasteiger partial charge is 0.306 e. The average Bonchev–Trinajstić information content (AvgIpc) is 3.91. The molecule has 3 saturated heterocycles. The molecule has 0 saturated carbocycles. The van der Waals surface area contributed by atoms with Crippen LogP contribution in [-0.4, -0.2) is 116 Å². The van der Waals surface area contributed by atoms with Crippen molar-refractivity contribution in [3.05, 3.63) is 94.0 Å². The molecule has 7 rings (SSSR count). The van der Waals surface area contributed by atoms with Gasteiger partial charge in [-0.25, -0.2) is 9.69 Å². The molecule has 0 bridgehead atoms. The van der Waals surface area contributed by atoms with Crippen LogP contribution in [0.4, 0.5) is 0 Å². The van der Waals surface area contributed by atoms with E-state index < -0.39 is 16.8 Å². The molecule has 3 fully saturated rings. The number of carbonyl (C=O) groups is 3. The molecular weight excluding hydrogens is 733 g/mol. The molecule has 2 aromatic carbocycles. The zero-order valence-electron chi connectivity index (χ0n) is 30.0. The number of nitrogens with one attached hydrogen (secondary N) is 1. The number of likely N-dealkylation sites (tertiary alicyclic amines) is 2. The third kappa shape index (κ3) is 7.65. The maximum atomic E-state index is 14.2. The molecule has 0 spiro atoms. The minimum absolute atomic E-state index is 0.0827. The number of methoxy groups -OCH3 is 1. The Hall–Kier alpha value is -4.63. The predicted octanol–water partition coefficient (Wildman–Crippen LogP) is 4.41. The Balaban J connectivity index is 1.07. The quantitative estimate of drug-likeness (QED) is 0.222. The maximum absolute atomic E-state index is 14.2. The van der Waals surface area contributed by atoms with Crippen molar-refractivity contribution < 1.29 is 24.2 Å². The summed E-state index contributed by atoms with van der Waals surface area (Å²) in [4.78, 5) is 48.4. The summed E-state index contributed by atoms with van der Waals surface area (Å²) in [6.07, 6.45) is 8.61. The Labute approximate surface area is 323 Å². The number of carboxylic acids is 1. The van der Waals surface area contributed by atoms with Crippen LogP contribution in [0.3, 0.4) is 0 Å². The number of aromatic nitrogens is 5. The lowest BCUT2D eigenvalue weighted by atomic mass is 9.72. The van der Waals surface area contributed by atoms with E-state index in [1.807, 2.05) is 40.2 Å². The van der Waals surface area contributed by atoms with Crippen molar-refractivity contribution in [2.45, 2.75) is 49.4 Å². The van der Waals surface area contributed by atoms with E-state index in [9.17, 15) is 19.5 Å². The molecule has 2 aromatic heterocycles. The number of amides is 2. The highest BCUT2D eigenvalue weighted by molar-refractivity contribution is 6.42. The number of piperidine rings is 2. The summed E-state index contributed by atoms with van der Waals surface area (Å²) in [6.45, 7) is 4.10. The molecule has 4 aromatic rings. The summed E-state index contributed by atoms with van der Waals surface area (Å²) >= 11 is 12.9. The van der Waals surface area contributed by atoms with Crippen molar-refractivity contribution in [2.75, 3.05) is 52.9 Å². The second kappa shape index (κ2) is 16.0. The minimum atomic E-state index is -0.787. The van der Waals surface area contributed by atoms with Crippen LogP contribution >= 0.6 is 23.2 Å². The molecule has 0 aliphatic carbocycles. The largest absolute Gasteiger partial charge is 0.496 e. The minimum Gasteiger partial charge on any atom is -0.496 e. The van der Waals surface area contributed by atoms with Crippen LogP contribution in [0.5, 0.6) is 5.75 Å². The third-order valence-corrected chi connectivity index (χ3v) is 12.3. The normalized spacial score (nSPS) is 20.8. The molecular formula is C38H43Cl2N9O5. The summed E-state index contributed by atoms with van der Waals surface area (Å²) in [6, 6.07) is 14.9. The van der Waals surface area contributed by atoms with Crippen LogP contribution in [0, 0.1) is 5.92 Å². The summed E-state index contributed by atoms with van der Waals surface area (Å²) in [5.74, 6) is -0.946. The molecule has 3 aliphatic rings. The Bertz CT molecular complexity index is 1970. The number of halogens is 2. The van der Waals surface area contributed by atoms with Gasteiger partial charge in [-0.1, -0.05) is 35.3 Å². The Morgan fingerprint density at radius 3 is 2.43 bits per heavy atom. The Morgan fingerprint density at radius 2 is 1.76 bits per heavy atom. The predicted molar refractivity (Wildman–Crippen MR) is 201 cm³/mol. The van der Waals surface area contributed by atoms with Gasteiger partial charge in [0.05, 0.1) is 39.7 Å². The number of nitrogens with zero attached hydrogens (tertiary/aromatic N) is 8.